The van der Waals surface area contributed by atoms with Crippen LogP contribution in [0.25, 0.3) is 5.65 Å². The summed E-state index contributed by atoms with van der Waals surface area (Å²) in [6.07, 6.45) is 4.76. The number of carbonyl (C=O) groups is 2. The molecule has 2 aliphatic heterocycles. The van der Waals surface area contributed by atoms with E-state index in [2.05, 4.69) is 4.98 Å². The number of carboxylic acid groups (broad SMARTS) is 1. The second-order valence-electron chi connectivity index (χ2n) is 7.47. The molecule has 2 aliphatic rings. The normalized spacial score (nSPS) is 26.0. The third-order valence-electron chi connectivity index (χ3n) is 6.08. The fourth-order valence-electron chi connectivity index (χ4n) is 4.51. The zero-order valence-corrected chi connectivity index (χ0v) is 15.2. The van der Waals surface area contributed by atoms with E-state index in [9.17, 15) is 19.5 Å². The highest BCUT2D eigenvalue weighted by molar-refractivity contribution is 5.94. The number of carbonyl (C=O) groups excluding carboxylic acids is 1. The van der Waals surface area contributed by atoms with Gasteiger partial charge in [-0.25, -0.2) is 4.98 Å². The molecule has 0 radical (unpaired) electrons. The number of likely N-dealkylation sites (tertiary alicyclic amines) is 2. The Labute approximate surface area is 156 Å². The van der Waals surface area contributed by atoms with Crippen molar-refractivity contribution in [1.29, 1.82) is 0 Å². The molecule has 4 rings (SSSR count). The average molecular weight is 370 g/mol. The van der Waals surface area contributed by atoms with Crippen molar-refractivity contribution in [3.63, 3.8) is 0 Å². The number of aromatic nitrogens is 2. The van der Waals surface area contributed by atoms with E-state index in [1.165, 1.54) is 10.6 Å². The highest BCUT2D eigenvalue weighted by atomic mass is 16.4. The van der Waals surface area contributed by atoms with Crippen molar-refractivity contribution in [2.24, 2.45) is 5.41 Å². The Morgan fingerprint density at radius 3 is 2.85 bits per heavy atom. The van der Waals surface area contributed by atoms with Gasteiger partial charge in [0.1, 0.15) is 11.2 Å². The molecule has 4 heterocycles. The van der Waals surface area contributed by atoms with Crippen molar-refractivity contribution in [2.45, 2.75) is 25.3 Å². The molecule has 0 saturated carbocycles. The summed E-state index contributed by atoms with van der Waals surface area (Å²) in [5.41, 5.74) is -0.729. The molecule has 8 heteroatoms. The number of pyridine rings is 1. The summed E-state index contributed by atoms with van der Waals surface area (Å²) in [4.78, 5) is 45.6. The van der Waals surface area contributed by atoms with E-state index in [4.69, 9.17) is 0 Å². The Morgan fingerprint density at radius 2 is 2.07 bits per heavy atom. The topological polar surface area (TPSA) is 95.2 Å². The number of fused-ring (bicyclic) bond motifs is 2. The SMILES string of the molecule is CN1CCC[C@]2(C(=O)O)CCN(C(=O)c3cnc4ccccn4c3=O)C[C@@H]12. The van der Waals surface area contributed by atoms with Crippen molar-refractivity contribution >= 4 is 17.5 Å². The van der Waals surface area contributed by atoms with Gasteiger partial charge >= 0.3 is 5.97 Å². The molecule has 142 valence electrons. The number of rotatable bonds is 2. The molecular weight excluding hydrogens is 348 g/mol. The summed E-state index contributed by atoms with van der Waals surface area (Å²) in [7, 11) is 1.90. The molecule has 2 saturated heterocycles. The minimum Gasteiger partial charge on any atom is -0.481 e. The molecule has 2 aromatic rings. The number of aliphatic carboxylic acids is 1. The van der Waals surface area contributed by atoms with Gasteiger partial charge in [-0.2, -0.15) is 0 Å². The summed E-state index contributed by atoms with van der Waals surface area (Å²) < 4.78 is 1.35. The standard InChI is InChI=1S/C19H22N4O4/c1-21-8-4-6-19(18(26)27)7-10-22(12-14(19)21)16(24)13-11-20-15-5-2-3-9-23(15)17(13)25/h2-3,5,9,11,14H,4,6-8,10,12H2,1H3,(H,26,27)/t14-,19+/m1/s1. The summed E-state index contributed by atoms with van der Waals surface area (Å²) in [6.45, 7) is 1.44. The molecule has 0 bridgehead atoms. The van der Waals surface area contributed by atoms with Crippen LogP contribution in [-0.4, -0.2) is 68.9 Å². The van der Waals surface area contributed by atoms with E-state index in [1.807, 2.05) is 11.9 Å². The lowest BCUT2D eigenvalue weighted by Gasteiger charge is -2.51. The van der Waals surface area contributed by atoms with Gasteiger partial charge in [-0.15, -0.1) is 0 Å². The summed E-state index contributed by atoms with van der Waals surface area (Å²) in [5.74, 6) is -1.18. The first-order valence-corrected chi connectivity index (χ1v) is 9.13. The van der Waals surface area contributed by atoms with E-state index in [0.717, 1.165) is 13.0 Å². The van der Waals surface area contributed by atoms with Gasteiger partial charge in [0.25, 0.3) is 11.5 Å². The van der Waals surface area contributed by atoms with Crippen LogP contribution in [0.3, 0.4) is 0 Å². The van der Waals surface area contributed by atoms with Gasteiger partial charge in [-0.1, -0.05) is 6.07 Å². The molecule has 2 atom stereocenters. The first-order valence-electron chi connectivity index (χ1n) is 9.13. The van der Waals surface area contributed by atoms with E-state index in [-0.39, 0.29) is 17.5 Å². The van der Waals surface area contributed by atoms with E-state index >= 15 is 0 Å². The first-order chi connectivity index (χ1) is 12.9. The Hall–Kier alpha value is -2.74. The molecule has 0 unspecified atom stereocenters. The number of nitrogens with zero attached hydrogens (tertiary/aromatic N) is 4. The minimum atomic E-state index is -0.819. The number of piperidine rings is 2. The third kappa shape index (κ3) is 2.71. The predicted molar refractivity (Wildman–Crippen MR) is 97.7 cm³/mol. The van der Waals surface area contributed by atoms with Crippen molar-refractivity contribution in [1.82, 2.24) is 19.2 Å². The minimum absolute atomic E-state index is 0.0139. The zero-order valence-electron chi connectivity index (χ0n) is 15.2. The molecule has 2 fully saturated rings. The van der Waals surface area contributed by atoms with Crippen LogP contribution in [0, 0.1) is 5.41 Å². The average Bonchev–Trinajstić information content (AvgIpc) is 2.68. The van der Waals surface area contributed by atoms with Crippen LogP contribution in [0.4, 0.5) is 0 Å². The van der Waals surface area contributed by atoms with Gasteiger partial charge in [0.05, 0.1) is 5.41 Å². The monoisotopic (exact) mass is 370 g/mol. The smallest absolute Gasteiger partial charge is 0.311 e. The van der Waals surface area contributed by atoms with Gasteiger partial charge < -0.3 is 14.9 Å². The lowest BCUT2D eigenvalue weighted by atomic mass is 9.68. The lowest BCUT2D eigenvalue weighted by molar-refractivity contribution is -0.161. The maximum absolute atomic E-state index is 13.0. The Morgan fingerprint density at radius 1 is 1.26 bits per heavy atom. The Kier molecular flexibility index (Phi) is 4.22. The third-order valence-corrected chi connectivity index (χ3v) is 6.08. The van der Waals surface area contributed by atoms with Crippen LogP contribution in [0.5, 0.6) is 0 Å². The molecule has 0 aliphatic carbocycles. The summed E-state index contributed by atoms with van der Waals surface area (Å²) >= 11 is 0. The van der Waals surface area contributed by atoms with Crippen LogP contribution < -0.4 is 5.56 Å². The second kappa shape index (κ2) is 6.45. The van der Waals surface area contributed by atoms with Gasteiger partial charge in [0.15, 0.2) is 0 Å². The van der Waals surface area contributed by atoms with E-state index in [1.54, 1.807) is 29.3 Å². The number of carboxylic acids is 1. The molecule has 8 nitrogen and oxygen atoms in total. The molecule has 2 aromatic heterocycles. The largest absolute Gasteiger partial charge is 0.481 e. The fraction of sp³-hybridized carbons (Fsp3) is 0.474. The zero-order chi connectivity index (χ0) is 19.2. The van der Waals surface area contributed by atoms with Crippen molar-refractivity contribution in [2.75, 3.05) is 26.7 Å². The van der Waals surface area contributed by atoms with Crippen LogP contribution in [0.2, 0.25) is 0 Å². The predicted octanol–water partition coefficient (Wildman–Crippen LogP) is 0.706. The number of likely N-dealkylation sites (N-methyl/N-ethyl adjacent to an activating group) is 1. The van der Waals surface area contributed by atoms with Gasteiger partial charge in [0, 0.05) is 31.5 Å². The molecule has 1 N–H and O–H groups in total. The quantitative estimate of drug-likeness (QED) is 0.836. The maximum atomic E-state index is 13.0. The highest BCUT2D eigenvalue weighted by Crippen LogP contribution is 2.42. The summed E-state index contributed by atoms with van der Waals surface area (Å²) in [6, 6.07) is 4.94. The van der Waals surface area contributed by atoms with E-state index in [0.29, 0.717) is 31.6 Å². The van der Waals surface area contributed by atoms with Crippen LogP contribution in [0.15, 0.2) is 35.4 Å². The van der Waals surface area contributed by atoms with Gasteiger partial charge in [-0.05, 0) is 45.0 Å². The van der Waals surface area contributed by atoms with Crippen LogP contribution in [0.1, 0.15) is 29.6 Å². The van der Waals surface area contributed by atoms with Gasteiger partial charge in [0.2, 0.25) is 0 Å². The Balaban J connectivity index is 1.65. The molecule has 0 spiro atoms. The van der Waals surface area contributed by atoms with Crippen molar-refractivity contribution < 1.29 is 14.7 Å². The number of hydrogen-bond acceptors (Lipinski definition) is 5. The molecule has 0 aromatic carbocycles. The number of amides is 1. The molecule has 27 heavy (non-hydrogen) atoms. The van der Waals surface area contributed by atoms with Crippen molar-refractivity contribution in [3.8, 4) is 0 Å². The molecule has 1 amide bonds. The molecular formula is C19H22N4O4. The maximum Gasteiger partial charge on any atom is 0.311 e. The first kappa shape index (κ1) is 17.7. The lowest BCUT2D eigenvalue weighted by Crippen LogP contribution is -2.63. The van der Waals surface area contributed by atoms with E-state index < -0.39 is 16.9 Å². The summed E-state index contributed by atoms with van der Waals surface area (Å²) in [5, 5.41) is 9.85. The van der Waals surface area contributed by atoms with Crippen LogP contribution in [-0.2, 0) is 4.79 Å². The Bertz CT molecular complexity index is 972. The highest BCUT2D eigenvalue weighted by Gasteiger charge is 2.53. The number of hydrogen-bond donors (Lipinski definition) is 1. The van der Waals surface area contributed by atoms with Crippen molar-refractivity contribution in [3.05, 3.63) is 46.5 Å². The second-order valence-corrected chi connectivity index (χ2v) is 7.47. The van der Waals surface area contributed by atoms with Crippen LogP contribution >= 0.6 is 0 Å². The fourth-order valence-corrected chi connectivity index (χ4v) is 4.51. The van der Waals surface area contributed by atoms with Gasteiger partial charge in [-0.3, -0.25) is 18.8 Å².